The van der Waals surface area contributed by atoms with Crippen molar-refractivity contribution in [3.63, 3.8) is 0 Å². The lowest BCUT2D eigenvalue weighted by Gasteiger charge is -2.31. The normalized spacial score (nSPS) is 18.5. The molecule has 0 saturated carbocycles. The van der Waals surface area contributed by atoms with E-state index in [1.807, 2.05) is 0 Å². The van der Waals surface area contributed by atoms with Crippen molar-refractivity contribution in [2.24, 2.45) is 7.05 Å². The molecule has 114 valence electrons. The topological polar surface area (TPSA) is 111 Å². The first-order valence-corrected chi connectivity index (χ1v) is 6.29. The molecule has 1 aliphatic heterocycles. The Morgan fingerprint density at radius 1 is 1.43 bits per heavy atom. The smallest absolute Gasteiger partial charge is 0.334 e. The molecule has 0 bridgehead atoms. The quantitative estimate of drug-likeness (QED) is 0.681. The van der Waals surface area contributed by atoms with Crippen molar-refractivity contribution in [3.05, 3.63) is 33.1 Å². The number of carboxylic acid groups (broad SMARTS) is 1. The van der Waals surface area contributed by atoms with Gasteiger partial charge in [0.1, 0.15) is 6.54 Å². The fourth-order valence-electron chi connectivity index (χ4n) is 2.01. The maximum atomic E-state index is 12.1. The minimum absolute atomic E-state index is 0.0608. The van der Waals surface area contributed by atoms with Gasteiger partial charge < -0.3 is 14.7 Å². The van der Waals surface area contributed by atoms with Crippen LogP contribution in [0.4, 0.5) is 0 Å². The van der Waals surface area contributed by atoms with Gasteiger partial charge in [0.05, 0.1) is 13.2 Å². The number of carbonyl (C=O) groups is 2. The summed E-state index contributed by atoms with van der Waals surface area (Å²) in [5, 5.41) is 8.88. The molecule has 1 aromatic rings. The lowest BCUT2D eigenvalue weighted by atomic mass is 10.2. The first-order valence-electron chi connectivity index (χ1n) is 6.29. The largest absolute Gasteiger partial charge is 0.479 e. The molecule has 1 atom stereocenters. The highest BCUT2D eigenvalue weighted by Gasteiger charge is 2.29. The van der Waals surface area contributed by atoms with Crippen molar-refractivity contribution in [1.29, 1.82) is 0 Å². The molecule has 21 heavy (non-hydrogen) atoms. The molecule has 0 radical (unpaired) electrons. The molecule has 1 aliphatic rings. The Morgan fingerprint density at radius 3 is 2.81 bits per heavy atom. The van der Waals surface area contributed by atoms with E-state index in [2.05, 4.69) is 0 Å². The van der Waals surface area contributed by atoms with Crippen LogP contribution in [-0.2, 0) is 27.9 Å². The van der Waals surface area contributed by atoms with Gasteiger partial charge in [0.2, 0.25) is 5.91 Å². The molecule has 1 amide bonds. The lowest BCUT2D eigenvalue weighted by Crippen LogP contribution is -2.50. The number of carboxylic acids is 1. The zero-order chi connectivity index (χ0) is 15.6. The standard InChI is InChI=1S/C12H15N3O6/c1-13-9(16)2-3-15(12(13)20)7-10(17)14-4-5-21-8(6-14)11(18)19/h2-3,8H,4-7H2,1H3,(H,18,19). The number of rotatable bonds is 3. The molecule has 9 nitrogen and oxygen atoms in total. The van der Waals surface area contributed by atoms with Crippen molar-refractivity contribution >= 4 is 11.9 Å². The van der Waals surface area contributed by atoms with Crippen molar-refractivity contribution in [3.8, 4) is 0 Å². The van der Waals surface area contributed by atoms with Crippen LogP contribution in [0.15, 0.2) is 21.9 Å². The van der Waals surface area contributed by atoms with Gasteiger partial charge in [-0.05, 0) is 0 Å². The summed E-state index contributed by atoms with van der Waals surface area (Å²) in [6.07, 6.45) is 0.192. The summed E-state index contributed by atoms with van der Waals surface area (Å²) >= 11 is 0. The zero-order valence-electron chi connectivity index (χ0n) is 11.4. The molecular weight excluding hydrogens is 282 g/mol. The lowest BCUT2D eigenvalue weighted by molar-refractivity contribution is -0.159. The Labute approximate surface area is 119 Å². The van der Waals surface area contributed by atoms with Gasteiger partial charge in [0.15, 0.2) is 6.10 Å². The molecule has 0 aliphatic carbocycles. The highest BCUT2D eigenvalue weighted by atomic mass is 16.5. The average Bonchev–Trinajstić information content (AvgIpc) is 2.48. The van der Waals surface area contributed by atoms with Crippen LogP contribution in [0.2, 0.25) is 0 Å². The van der Waals surface area contributed by atoms with Crippen LogP contribution in [0.1, 0.15) is 0 Å². The second kappa shape index (κ2) is 5.92. The monoisotopic (exact) mass is 297 g/mol. The number of amides is 1. The molecule has 1 fully saturated rings. The minimum Gasteiger partial charge on any atom is -0.479 e. The molecule has 2 rings (SSSR count). The first-order chi connectivity index (χ1) is 9.90. The third kappa shape index (κ3) is 3.19. The number of hydrogen-bond acceptors (Lipinski definition) is 5. The SMILES string of the molecule is Cn1c(=O)ccn(CC(=O)N2CCOC(C(=O)O)C2)c1=O. The van der Waals surface area contributed by atoms with E-state index in [1.54, 1.807) is 0 Å². The van der Waals surface area contributed by atoms with E-state index in [1.165, 1.54) is 24.2 Å². The summed E-state index contributed by atoms with van der Waals surface area (Å²) in [5.74, 6) is -1.53. The van der Waals surface area contributed by atoms with Gasteiger partial charge in [-0.15, -0.1) is 0 Å². The maximum Gasteiger partial charge on any atom is 0.334 e. The molecule has 1 aromatic heterocycles. The van der Waals surface area contributed by atoms with Crippen molar-refractivity contribution in [2.45, 2.75) is 12.6 Å². The summed E-state index contributed by atoms with van der Waals surface area (Å²) in [6, 6.07) is 1.19. The Bertz CT molecular complexity index is 676. The predicted molar refractivity (Wildman–Crippen MR) is 69.9 cm³/mol. The van der Waals surface area contributed by atoms with Crippen molar-refractivity contribution in [2.75, 3.05) is 19.7 Å². The Kier molecular flexibility index (Phi) is 4.22. The third-order valence-corrected chi connectivity index (χ3v) is 3.26. The number of nitrogens with zero attached hydrogens (tertiary/aromatic N) is 3. The van der Waals surface area contributed by atoms with Gasteiger partial charge in [0.25, 0.3) is 5.56 Å². The summed E-state index contributed by atoms with van der Waals surface area (Å²) in [6.45, 7) is 0.0853. The molecule has 0 spiro atoms. The van der Waals surface area contributed by atoms with Crippen LogP contribution in [0.5, 0.6) is 0 Å². The van der Waals surface area contributed by atoms with Crippen LogP contribution < -0.4 is 11.2 Å². The average molecular weight is 297 g/mol. The van der Waals surface area contributed by atoms with Crippen molar-refractivity contribution in [1.82, 2.24) is 14.0 Å². The van der Waals surface area contributed by atoms with Gasteiger partial charge in [-0.3, -0.25) is 18.7 Å². The van der Waals surface area contributed by atoms with E-state index in [0.717, 1.165) is 9.13 Å². The van der Waals surface area contributed by atoms with Crippen LogP contribution in [0.25, 0.3) is 0 Å². The van der Waals surface area contributed by atoms with Crippen LogP contribution in [0, 0.1) is 0 Å². The molecular formula is C12H15N3O6. The summed E-state index contributed by atoms with van der Waals surface area (Å²) in [5.41, 5.74) is -1.06. The van der Waals surface area contributed by atoms with Crippen LogP contribution in [0.3, 0.4) is 0 Å². The summed E-state index contributed by atoms with van der Waals surface area (Å²) in [7, 11) is 1.32. The highest BCUT2D eigenvalue weighted by Crippen LogP contribution is 2.06. The summed E-state index contributed by atoms with van der Waals surface area (Å²) in [4.78, 5) is 47.4. The second-order valence-corrected chi connectivity index (χ2v) is 4.66. The molecule has 0 aromatic carbocycles. The van der Waals surface area contributed by atoms with E-state index in [9.17, 15) is 19.2 Å². The molecule has 9 heteroatoms. The van der Waals surface area contributed by atoms with Gasteiger partial charge in [-0.25, -0.2) is 9.59 Å². The second-order valence-electron chi connectivity index (χ2n) is 4.66. The first kappa shape index (κ1) is 15.0. The predicted octanol–water partition coefficient (Wildman–Crippen LogP) is -2.14. The van der Waals surface area contributed by atoms with E-state index in [-0.39, 0.29) is 26.2 Å². The van der Waals surface area contributed by atoms with Gasteiger partial charge >= 0.3 is 11.7 Å². The molecule has 2 heterocycles. The summed E-state index contributed by atoms with van der Waals surface area (Å²) < 4.78 is 7.02. The van der Waals surface area contributed by atoms with Crippen LogP contribution >= 0.6 is 0 Å². The molecule has 1 unspecified atom stereocenters. The number of morpholine rings is 1. The zero-order valence-corrected chi connectivity index (χ0v) is 11.4. The Morgan fingerprint density at radius 2 is 2.14 bits per heavy atom. The number of carbonyl (C=O) groups excluding carboxylic acids is 1. The number of aliphatic carboxylic acids is 1. The Balaban J connectivity index is 2.11. The van der Waals surface area contributed by atoms with E-state index < -0.39 is 29.2 Å². The van der Waals surface area contributed by atoms with E-state index >= 15 is 0 Å². The van der Waals surface area contributed by atoms with Gasteiger partial charge in [-0.2, -0.15) is 0 Å². The minimum atomic E-state index is -1.13. The third-order valence-electron chi connectivity index (χ3n) is 3.26. The van der Waals surface area contributed by atoms with Crippen molar-refractivity contribution < 1.29 is 19.4 Å². The fourth-order valence-corrected chi connectivity index (χ4v) is 2.01. The van der Waals surface area contributed by atoms with Gasteiger partial charge in [0, 0.05) is 25.9 Å². The number of aromatic nitrogens is 2. The molecule has 1 saturated heterocycles. The van der Waals surface area contributed by atoms with E-state index in [4.69, 9.17) is 9.84 Å². The number of hydrogen-bond donors (Lipinski definition) is 1. The van der Waals surface area contributed by atoms with E-state index in [0.29, 0.717) is 0 Å². The maximum absolute atomic E-state index is 12.1. The Hall–Kier alpha value is -2.42. The fraction of sp³-hybridized carbons (Fsp3) is 0.500. The highest BCUT2D eigenvalue weighted by molar-refractivity contribution is 5.78. The van der Waals surface area contributed by atoms with Crippen LogP contribution in [-0.4, -0.2) is 56.8 Å². The molecule has 1 N–H and O–H groups in total. The van der Waals surface area contributed by atoms with Gasteiger partial charge in [-0.1, -0.05) is 0 Å². The number of ether oxygens (including phenoxy) is 1.